The maximum atomic E-state index is 14.4. The first-order chi connectivity index (χ1) is 22.0. The second kappa shape index (κ2) is 13.0. The molecule has 2 bridgehead atoms. The Labute approximate surface area is 274 Å². The lowest BCUT2D eigenvalue weighted by Crippen LogP contribution is -2.54. The molecule has 2 aromatic carbocycles. The lowest BCUT2D eigenvalue weighted by atomic mass is 9.90. The fourth-order valence-corrected chi connectivity index (χ4v) is 6.85. The molecule has 47 heavy (non-hydrogen) atoms. The lowest BCUT2D eigenvalue weighted by molar-refractivity contribution is -0.00904. The van der Waals surface area contributed by atoms with Crippen molar-refractivity contribution in [3.63, 3.8) is 0 Å². The maximum absolute atomic E-state index is 14.4. The first-order valence-electron chi connectivity index (χ1n) is 15.9. The molecular weight excluding hydrogens is 624 g/mol. The zero-order valence-electron chi connectivity index (χ0n) is 27.7. The van der Waals surface area contributed by atoms with Crippen LogP contribution in [-0.2, 0) is 17.6 Å². The second-order valence-corrected chi connectivity index (χ2v) is 19.1. The van der Waals surface area contributed by atoms with Crippen LogP contribution in [0.15, 0.2) is 59.5 Å². The number of ether oxygens (including phenoxy) is 1. The smallest absolute Gasteiger partial charge is 0.274 e. The minimum atomic E-state index is -2.17. The van der Waals surface area contributed by atoms with Crippen LogP contribution in [0, 0.1) is 11.6 Å². The summed E-state index contributed by atoms with van der Waals surface area (Å²) in [5, 5.41) is 14.3. The van der Waals surface area contributed by atoms with Crippen LogP contribution in [-0.4, -0.2) is 59.5 Å². The van der Waals surface area contributed by atoms with E-state index in [1.807, 2.05) is 30.3 Å². The highest BCUT2D eigenvalue weighted by molar-refractivity contribution is 6.74. The van der Waals surface area contributed by atoms with Gasteiger partial charge in [-0.1, -0.05) is 57.2 Å². The highest BCUT2D eigenvalue weighted by Crippen LogP contribution is 2.42. The Hall–Kier alpha value is -3.87. The van der Waals surface area contributed by atoms with E-state index in [-0.39, 0.29) is 60.0 Å². The van der Waals surface area contributed by atoms with Crippen molar-refractivity contribution in [2.24, 2.45) is 0 Å². The Morgan fingerprint density at radius 2 is 1.83 bits per heavy atom. The van der Waals surface area contributed by atoms with Gasteiger partial charge in [0.15, 0.2) is 19.8 Å². The quantitative estimate of drug-likeness (QED) is 0.289. The fourth-order valence-electron chi connectivity index (χ4n) is 5.80. The van der Waals surface area contributed by atoms with Gasteiger partial charge in [-0.2, -0.15) is 0 Å². The lowest BCUT2D eigenvalue weighted by Gasteiger charge is -2.43. The van der Waals surface area contributed by atoms with Crippen LogP contribution < -0.4 is 15.5 Å². The Morgan fingerprint density at radius 3 is 2.49 bits per heavy atom. The number of nitrogens with zero attached hydrogens (tertiary/aromatic N) is 2. The number of fused-ring (bicyclic) bond motifs is 4. The van der Waals surface area contributed by atoms with E-state index in [2.05, 4.69) is 39.2 Å². The van der Waals surface area contributed by atoms with Crippen molar-refractivity contribution in [3.8, 4) is 5.75 Å². The van der Waals surface area contributed by atoms with Crippen molar-refractivity contribution in [3.05, 3.63) is 99.0 Å². The van der Waals surface area contributed by atoms with Gasteiger partial charge in [0, 0.05) is 30.9 Å². The van der Waals surface area contributed by atoms with E-state index in [1.165, 1.54) is 16.8 Å². The van der Waals surface area contributed by atoms with Crippen molar-refractivity contribution >= 4 is 20.1 Å². The number of rotatable bonds is 9. The Morgan fingerprint density at radius 1 is 1.13 bits per heavy atom. The molecule has 2 aliphatic heterocycles. The van der Waals surface area contributed by atoms with Gasteiger partial charge < -0.3 is 29.1 Å². The molecule has 1 saturated heterocycles. The number of nitrogens with one attached hydrogen (secondary N) is 1. The van der Waals surface area contributed by atoms with Gasteiger partial charge in [0.25, 0.3) is 11.8 Å². The molecule has 1 aromatic heterocycles. The monoisotopic (exact) mass is 667 g/mol. The number of aliphatic hydroxyl groups is 1. The van der Waals surface area contributed by atoms with Gasteiger partial charge in [-0.15, -0.1) is 0 Å². The van der Waals surface area contributed by atoms with E-state index < -0.39 is 48.8 Å². The predicted molar refractivity (Wildman–Crippen MR) is 176 cm³/mol. The van der Waals surface area contributed by atoms with Crippen LogP contribution in [0.25, 0.3) is 0 Å². The third kappa shape index (κ3) is 7.04. The molecule has 2 amide bonds. The standard InChI is InChI=1S/C35H43F2N3O6Si/c1-34(2,3)47(5,6)46-21-25-14-15-35(4,44)28-19-39(25)33(43)29-31(45-20-22-10-8-7-9-11-22)30(41)26(18-40(28)29)32(42)38-17-23-12-13-24(36)16-27(23)37/h7-13,16,18,25,28,44H,14-15,17,19-21H2,1-6H3,(H,38,42)/t25-,28-,35+/m1/s1. The molecule has 252 valence electrons. The van der Waals surface area contributed by atoms with Gasteiger partial charge in [0.2, 0.25) is 5.43 Å². The van der Waals surface area contributed by atoms with Crippen molar-refractivity contribution in [1.82, 2.24) is 14.8 Å². The first kappa shape index (κ1) is 34.5. The van der Waals surface area contributed by atoms with Crippen molar-refractivity contribution in [2.75, 3.05) is 13.2 Å². The summed E-state index contributed by atoms with van der Waals surface area (Å²) in [6.07, 6.45) is 2.09. The predicted octanol–water partition coefficient (Wildman–Crippen LogP) is 5.57. The molecular formula is C35H43F2N3O6Si. The molecule has 0 spiro atoms. The molecule has 9 nitrogen and oxygen atoms in total. The first-order valence-corrected chi connectivity index (χ1v) is 18.8. The van der Waals surface area contributed by atoms with Crippen molar-refractivity contribution in [2.45, 2.75) is 89.5 Å². The van der Waals surface area contributed by atoms with E-state index in [0.717, 1.165) is 11.6 Å². The summed E-state index contributed by atoms with van der Waals surface area (Å²) in [7, 11) is -2.17. The van der Waals surface area contributed by atoms with Gasteiger partial charge in [0.05, 0.1) is 24.3 Å². The SMILES string of the molecule is CC(C)(C)[Si](C)(C)OC[C@H]1CC[C@](C)(O)[C@H]2CN1C(=O)c1c(OCc3ccccc3)c(=O)c(C(=O)NCc3ccc(F)cc3F)cn12. The molecule has 1 fully saturated rings. The van der Waals surface area contributed by atoms with Crippen LogP contribution in [0.5, 0.6) is 5.75 Å². The molecule has 12 heteroatoms. The normalized spacial score (nSPS) is 21.2. The third-order valence-electron chi connectivity index (χ3n) is 9.87. The van der Waals surface area contributed by atoms with E-state index in [4.69, 9.17) is 9.16 Å². The summed E-state index contributed by atoms with van der Waals surface area (Å²) in [4.78, 5) is 43.5. The molecule has 0 saturated carbocycles. The summed E-state index contributed by atoms with van der Waals surface area (Å²) < 4.78 is 41.8. The van der Waals surface area contributed by atoms with Crippen LogP contribution in [0.3, 0.4) is 0 Å². The minimum Gasteiger partial charge on any atom is -0.483 e. The van der Waals surface area contributed by atoms with Crippen LogP contribution >= 0.6 is 0 Å². The largest absolute Gasteiger partial charge is 0.483 e. The molecule has 2 N–H and O–H groups in total. The van der Waals surface area contributed by atoms with Crippen molar-refractivity contribution in [1.29, 1.82) is 0 Å². The van der Waals surface area contributed by atoms with E-state index in [0.29, 0.717) is 18.9 Å². The van der Waals surface area contributed by atoms with Crippen LogP contribution in [0.4, 0.5) is 8.78 Å². The molecule has 0 aliphatic carbocycles. The summed E-state index contributed by atoms with van der Waals surface area (Å²) in [6, 6.07) is 11.0. The molecule has 0 radical (unpaired) electrons. The molecule has 3 atom stereocenters. The number of carbonyl (C=O) groups is 2. The molecule has 3 heterocycles. The van der Waals surface area contributed by atoms with Gasteiger partial charge in [-0.3, -0.25) is 14.4 Å². The second-order valence-electron chi connectivity index (χ2n) is 14.2. The van der Waals surface area contributed by atoms with Crippen molar-refractivity contribution < 1.29 is 32.6 Å². The highest BCUT2D eigenvalue weighted by atomic mass is 28.4. The average molecular weight is 668 g/mol. The zero-order chi connectivity index (χ0) is 34.3. The summed E-state index contributed by atoms with van der Waals surface area (Å²) in [5.41, 5.74) is -1.76. The Bertz CT molecular complexity index is 1720. The Balaban J connectivity index is 1.56. The maximum Gasteiger partial charge on any atom is 0.274 e. The minimum absolute atomic E-state index is 0.0295. The van der Waals surface area contributed by atoms with Gasteiger partial charge in [0.1, 0.15) is 23.8 Å². The number of halogens is 2. The molecule has 2 aliphatic rings. The molecule has 3 aromatic rings. The van der Waals surface area contributed by atoms with E-state index >= 15 is 0 Å². The molecule has 5 rings (SSSR count). The number of benzene rings is 2. The van der Waals surface area contributed by atoms with Gasteiger partial charge in [-0.05, 0) is 49.5 Å². The Kier molecular flexibility index (Phi) is 9.51. The zero-order valence-corrected chi connectivity index (χ0v) is 28.7. The number of carbonyl (C=O) groups excluding carboxylic acids is 2. The van der Waals surface area contributed by atoms with Gasteiger partial charge in [-0.25, -0.2) is 8.78 Å². The van der Waals surface area contributed by atoms with Gasteiger partial charge >= 0.3 is 0 Å². The summed E-state index contributed by atoms with van der Waals surface area (Å²) >= 11 is 0. The van der Waals surface area contributed by atoms with E-state index in [9.17, 15) is 28.3 Å². The fraction of sp³-hybridized carbons (Fsp3) is 0.457. The average Bonchev–Trinajstić information content (AvgIpc) is 3.11. The van der Waals surface area contributed by atoms with Crippen LogP contribution in [0.1, 0.15) is 78.6 Å². The van der Waals surface area contributed by atoms with Crippen LogP contribution in [0.2, 0.25) is 18.1 Å². The number of hydrogen-bond acceptors (Lipinski definition) is 6. The molecule has 0 unspecified atom stereocenters. The summed E-state index contributed by atoms with van der Waals surface area (Å²) in [5.74, 6) is -3.19. The number of pyridine rings is 1. The number of hydrogen-bond donors (Lipinski definition) is 2. The topological polar surface area (TPSA) is 110 Å². The third-order valence-corrected chi connectivity index (χ3v) is 14.4. The summed E-state index contributed by atoms with van der Waals surface area (Å²) in [6.45, 7) is 12.4. The number of amides is 2. The number of aromatic nitrogens is 1. The van der Waals surface area contributed by atoms with E-state index in [1.54, 1.807) is 11.8 Å². The highest BCUT2D eigenvalue weighted by Gasteiger charge is 2.49.